The molecular weight excluding hydrogens is 366 g/mol. The number of hydrogen-bond acceptors (Lipinski definition) is 5. The van der Waals surface area contributed by atoms with Crippen LogP contribution in [0.5, 0.6) is 0 Å². The minimum Gasteiger partial charge on any atom is -0.478 e. The third-order valence-electron chi connectivity index (χ3n) is 4.33. The number of pyridine rings is 1. The quantitative estimate of drug-likeness (QED) is 0.500. The Morgan fingerprint density at radius 2 is 2.04 bits per heavy atom. The van der Waals surface area contributed by atoms with Crippen molar-refractivity contribution in [2.45, 2.75) is 6.92 Å². The van der Waals surface area contributed by atoms with Gasteiger partial charge in [-0.15, -0.1) is 0 Å². The average molecular weight is 380 g/mol. The third kappa shape index (κ3) is 3.11. The van der Waals surface area contributed by atoms with E-state index in [2.05, 4.69) is 15.5 Å². The summed E-state index contributed by atoms with van der Waals surface area (Å²) in [7, 11) is 0. The van der Waals surface area contributed by atoms with Gasteiger partial charge in [0.05, 0.1) is 28.7 Å². The van der Waals surface area contributed by atoms with Crippen LogP contribution in [0.1, 0.15) is 15.9 Å². The number of carbonyl (C=O) groups is 1. The molecule has 2 N–H and O–H groups in total. The molecule has 2 aromatic heterocycles. The van der Waals surface area contributed by atoms with Gasteiger partial charge in [0.2, 0.25) is 0 Å². The SMILES string of the molecule is Cc1cccc(C(=O)O)c1Nc1c(-c2cnoc2)cnc2ccc(Cl)cc12. The highest BCUT2D eigenvalue weighted by molar-refractivity contribution is 6.31. The largest absolute Gasteiger partial charge is 0.478 e. The van der Waals surface area contributed by atoms with E-state index in [4.69, 9.17) is 16.1 Å². The fourth-order valence-corrected chi connectivity index (χ4v) is 3.17. The maximum absolute atomic E-state index is 11.7. The van der Waals surface area contributed by atoms with E-state index in [9.17, 15) is 9.90 Å². The van der Waals surface area contributed by atoms with Crippen molar-refractivity contribution in [3.05, 3.63) is 71.2 Å². The summed E-state index contributed by atoms with van der Waals surface area (Å²) in [5, 5.41) is 18.0. The number of nitrogens with one attached hydrogen (secondary N) is 1. The first-order valence-corrected chi connectivity index (χ1v) is 8.50. The van der Waals surface area contributed by atoms with E-state index in [1.54, 1.807) is 36.7 Å². The first-order chi connectivity index (χ1) is 13.0. The third-order valence-corrected chi connectivity index (χ3v) is 4.56. The first kappa shape index (κ1) is 17.1. The number of aryl methyl sites for hydroxylation is 1. The molecule has 0 aliphatic heterocycles. The lowest BCUT2D eigenvalue weighted by molar-refractivity contribution is 0.0698. The fraction of sp³-hybridized carbons (Fsp3) is 0.0500. The van der Waals surface area contributed by atoms with Gasteiger partial charge in [0.1, 0.15) is 6.26 Å². The molecule has 0 unspecified atom stereocenters. The standard InChI is InChI=1S/C20H14ClN3O3/c1-11-3-2-4-14(20(25)26)18(11)24-19-15-7-13(21)5-6-17(15)22-9-16(19)12-8-23-27-10-12/h2-10H,1H3,(H,22,24)(H,25,26). The second kappa shape index (κ2) is 6.74. The van der Waals surface area contributed by atoms with Crippen LogP contribution in [0.4, 0.5) is 11.4 Å². The predicted molar refractivity (Wildman–Crippen MR) is 104 cm³/mol. The average Bonchev–Trinajstić information content (AvgIpc) is 3.17. The molecule has 134 valence electrons. The van der Waals surface area contributed by atoms with Crippen molar-refractivity contribution in [2.24, 2.45) is 0 Å². The van der Waals surface area contributed by atoms with Gasteiger partial charge in [-0.05, 0) is 36.8 Å². The lowest BCUT2D eigenvalue weighted by atomic mass is 10.0. The number of hydrogen-bond donors (Lipinski definition) is 2. The van der Waals surface area contributed by atoms with Gasteiger partial charge >= 0.3 is 5.97 Å². The topological polar surface area (TPSA) is 88.2 Å². The highest BCUT2D eigenvalue weighted by Gasteiger charge is 2.17. The Labute approximate surface area is 159 Å². The molecular formula is C20H14ClN3O3. The minimum absolute atomic E-state index is 0.179. The number of carboxylic acids is 1. The second-order valence-corrected chi connectivity index (χ2v) is 6.49. The zero-order valence-corrected chi connectivity index (χ0v) is 15.0. The molecule has 27 heavy (non-hydrogen) atoms. The Balaban J connectivity index is 1.99. The summed E-state index contributed by atoms with van der Waals surface area (Å²) < 4.78 is 4.97. The molecule has 0 amide bonds. The molecule has 0 bridgehead atoms. The minimum atomic E-state index is -1.01. The Kier molecular flexibility index (Phi) is 4.25. The van der Waals surface area contributed by atoms with E-state index in [1.807, 2.05) is 19.1 Å². The molecule has 0 radical (unpaired) electrons. The number of carboxylic acid groups (broad SMARTS) is 1. The Morgan fingerprint density at radius 1 is 1.19 bits per heavy atom. The Bertz CT molecular complexity index is 1160. The smallest absolute Gasteiger partial charge is 0.337 e. The van der Waals surface area contributed by atoms with Crippen LogP contribution in [0, 0.1) is 6.92 Å². The van der Waals surface area contributed by atoms with Crippen molar-refractivity contribution in [3.8, 4) is 11.1 Å². The van der Waals surface area contributed by atoms with Crippen molar-refractivity contribution in [3.63, 3.8) is 0 Å². The summed E-state index contributed by atoms with van der Waals surface area (Å²) >= 11 is 6.20. The molecule has 2 aromatic carbocycles. The van der Waals surface area contributed by atoms with E-state index in [0.29, 0.717) is 16.4 Å². The van der Waals surface area contributed by atoms with Gasteiger partial charge in [-0.3, -0.25) is 4.98 Å². The molecule has 0 aliphatic rings. The predicted octanol–water partition coefficient (Wildman–Crippen LogP) is 5.29. The van der Waals surface area contributed by atoms with Gasteiger partial charge < -0.3 is 14.9 Å². The van der Waals surface area contributed by atoms with Crippen LogP contribution in [0.25, 0.3) is 22.0 Å². The number of aromatic nitrogens is 2. The number of rotatable bonds is 4. The fourth-order valence-electron chi connectivity index (χ4n) is 2.99. The lowest BCUT2D eigenvalue weighted by Gasteiger charge is -2.17. The van der Waals surface area contributed by atoms with Gasteiger partial charge in [-0.1, -0.05) is 28.9 Å². The van der Waals surface area contributed by atoms with Crippen molar-refractivity contribution in [1.82, 2.24) is 10.1 Å². The van der Waals surface area contributed by atoms with Crippen LogP contribution in [-0.4, -0.2) is 21.2 Å². The van der Waals surface area contributed by atoms with Crippen molar-refractivity contribution in [1.29, 1.82) is 0 Å². The molecule has 2 heterocycles. The van der Waals surface area contributed by atoms with Crippen LogP contribution < -0.4 is 5.32 Å². The van der Waals surface area contributed by atoms with E-state index < -0.39 is 5.97 Å². The van der Waals surface area contributed by atoms with Crippen molar-refractivity contribution in [2.75, 3.05) is 5.32 Å². The van der Waals surface area contributed by atoms with Crippen molar-refractivity contribution >= 4 is 39.8 Å². The zero-order valence-electron chi connectivity index (χ0n) is 14.2. The summed E-state index contributed by atoms with van der Waals surface area (Å²) in [5.41, 5.74) is 4.35. The maximum atomic E-state index is 11.7. The number of aromatic carboxylic acids is 1. The summed E-state index contributed by atoms with van der Waals surface area (Å²) in [4.78, 5) is 16.2. The number of anilines is 2. The van der Waals surface area contributed by atoms with Crippen LogP contribution in [0.3, 0.4) is 0 Å². The molecule has 0 saturated carbocycles. The molecule has 0 spiro atoms. The highest BCUT2D eigenvalue weighted by atomic mass is 35.5. The van der Waals surface area contributed by atoms with E-state index in [-0.39, 0.29) is 5.56 Å². The Morgan fingerprint density at radius 3 is 2.78 bits per heavy atom. The summed E-state index contributed by atoms with van der Waals surface area (Å²) in [6.45, 7) is 1.85. The lowest BCUT2D eigenvalue weighted by Crippen LogP contribution is -2.05. The van der Waals surface area contributed by atoms with Crippen LogP contribution >= 0.6 is 11.6 Å². The number of benzene rings is 2. The number of para-hydroxylation sites is 1. The van der Waals surface area contributed by atoms with Gasteiger partial charge in [-0.25, -0.2) is 4.79 Å². The van der Waals surface area contributed by atoms with E-state index in [1.165, 1.54) is 6.26 Å². The van der Waals surface area contributed by atoms with Gasteiger partial charge in [-0.2, -0.15) is 0 Å². The summed E-state index contributed by atoms with van der Waals surface area (Å²) in [6, 6.07) is 10.5. The molecule has 0 atom stereocenters. The zero-order chi connectivity index (χ0) is 19.0. The van der Waals surface area contributed by atoms with Crippen LogP contribution in [0.15, 0.2) is 59.6 Å². The summed E-state index contributed by atoms with van der Waals surface area (Å²) in [5.74, 6) is -1.01. The van der Waals surface area contributed by atoms with E-state index in [0.717, 1.165) is 27.6 Å². The molecule has 6 nitrogen and oxygen atoms in total. The number of nitrogens with zero attached hydrogens (tertiary/aromatic N) is 2. The summed E-state index contributed by atoms with van der Waals surface area (Å²) in [6.07, 6.45) is 4.78. The number of fused-ring (bicyclic) bond motifs is 1. The molecule has 0 saturated heterocycles. The first-order valence-electron chi connectivity index (χ1n) is 8.12. The van der Waals surface area contributed by atoms with Crippen LogP contribution in [0.2, 0.25) is 5.02 Å². The number of halogens is 1. The normalized spacial score (nSPS) is 10.9. The van der Waals surface area contributed by atoms with Gasteiger partial charge in [0, 0.05) is 27.7 Å². The van der Waals surface area contributed by atoms with Crippen LogP contribution in [-0.2, 0) is 0 Å². The van der Waals surface area contributed by atoms with Gasteiger partial charge in [0.25, 0.3) is 0 Å². The Hall–Kier alpha value is -3.38. The van der Waals surface area contributed by atoms with Gasteiger partial charge in [0.15, 0.2) is 0 Å². The molecule has 0 fully saturated rings. The molecule has 0 aliphatic carbocycles. The maximum Gasteiger partial charge on any atom is 0.337 e. The van der Waals surface area contributed by atoms with Crippen molar-refractivity contribution < 1.29 is 14.4 Å². The molecule has 7 heteroatoms. The van der Waals surface area contributed by atoms with E-state index >= 15 is 0 Å². The second-order valence-electron chi connectivity index (χ2n) is 6.05. The molecule has 4 rings (SSSR count). The monoisotopic (exact) mass is 379 g/mol. The molecule has 4 aromatic rings. The highest BCUT2D eigenvalue weighted by Crippen LogP contribution is 2.38.